The molecule has 0 radical (unpaired) electrons. The number of rotatable bonds is 5. The van der Waals surface area contributed by atoms with Crippen LogP contribution in [0, 0.1) is 33.5 Å². The molecule has 6 nitrogen and oxygen atoms in total. The number of amides is 1. The predicted octanol–water partition coefficient (Wildman–Crippen LogP) is 5.21. The Hall–Kier alpha value is -3.74. The van der Waals surface area contributed by atoms with Crippen molar-refractivity contribution in [2.75, 3.05) is 5.32 Å². The molecule has 2 aromatic carbocycles. The standard InChI is InChI=1S/C24H23FN4O2/c1-14-15(2)28-29(16(14)3)13-22-17(4)31-24(27-22)18-9-11-19(12-10-18)26-23(30)20-7-5-6-8-21(20)25/h5-12H,13H2,1-4H3,(H,26,30). The van der Waals surface area contributed by atoms with E-state index in [4.69, 9.17) is 4.42 Å². The molecule has 31 heavy (non-hydrogen) atoms. The summed E-state index contributed by atoms with van der Waals surface area (Å²) in [6.45, 7) is 8.51. The zero-order valence-corrected chi connectivity index (χ0v) is 17.9. The summed E-state index contributed by atoms with van der Waals surface area (Å²) in [7, 11) is 0. The van der Waals surface area contributed by atoms with Gasteiger partial charge in [0.25, 0.3) is 5.91 Å². The second-order valence-electron chi connectivity index (χ2n) is 7.49. The van der Waals surface area contributed by atoms with Gasteiger partial charge in [0.1, 0.15) is 17.3 Å². The van der Waals surface area contributed by atoms with Crippen molar-refractivity contribution in [2.24, 2.45) is 0 Å². The van der Waals surface area contributed by atoms with E-state index in [1.807, 2.05) is 25.5 Å². The molecule has 4 rings (SSSR count). The first-order valence-electron chi connectivity index (χ1n) is 9.96. The van der Waals surface area contributed by atoms with Crippen LogP contribution in [0.15, 0.2) is 52.9 Å². The Morgan fingerprint density at radius 1 is 1.06 bits per heavy atom. The Bertz CT molecular complexity index is 1260. The second kappa shape index (κ2) is 8.18. The number of hydrogen-bond acceptors (Lipinski definition) is 4. The van der Waals surface area contributed by atoms with Crippen LogP contribution >= 0.6 is 0 Å². The molecule has 0 aliphatic rings. The summed E-state index contributed by atoms with van der Waals surface area (Å²) in [4.78, 5) is 16.9. The summed E-state index contributed by atoms with van der Waals surface area (Å²) >= 11 is 0. The van der Waals surface area contributed by atoms with Crippen LogP contribution in [0.2, 0.25) is 0 Å². The first-order chi connectivity index (χ1) is 14.8. The van der Waals surface area contributed by atoms with E-state index in [0.29, 0.717) is 18.1 Å². The maximum Gasteiger partial charge on any atom is 0.258 e. The normalized spacial score (nSPS) is 11.0. The zero-order valence-electron chi connectivity index (χ0n) is 17.9. The molecule has 2 heterocycles. The van der Waals surface area contributed by atoms with Crippen molar-refractivity contribution in [3.8, 4) is 11.5 Å². The van der Waals surface area contributed by atoms with Gasteiger partial charge in [-0.25, -0.2) is 9.37 Å². The van der Waals surface area contributed by atoms with Gasteiger partial charge in [0.15, 0.2) is 0 Å². The number of hydrogen-bond donors (Lipinski definition) is 1. The zero-order chi connectivity index (χ0) is 22.1. The van der Waals surface area contributed by atoms with Crippen LogP contribution in [0.1, 0.15) is 38.8 Å². The van der Waals surface area contributed by atoms with E-state index in [9.17, 15) is 9.18 Å². The topological polar surface area (TPSA) is 73.0 Å². The molecule has 4 aromatic rings. The van der Waals surface area contributed by atoms with E-state index in [0.717, 1.165) is 28.4 Å². The fraction of sp³-hybridized carbons (Fsp3) is 0.208. The summed E-state index contributed by atoms with van der Waals surface area (Å²) in [5.41, 5.74) is 5.44. The summed E-state index contributed by atoms with van der Waals surface area (Å²) in [6, 6.07) is 12.9. The number of anilines is 1. The average molecular weight is 418 g/mol. The highest BCUT2D eigenvalue weighted by Gasteiger charge is 2.16. The third kappa shape index (κ3) is 4.12. The van der Waals surface area contributed by atoms with Gasteiger partial charge in [-0.05, 0) is 69.7 Å². The fourth-order valence-electron chi connectivity index (χ4n) is 3.32. The molecule has 1 amide bonds. The first kappa shape index (κ1) is 20.5. The van der Waals surface area contributed by atoms with Crippen molar-refractivity contribution in [1.29, 1.82) is 0 Å². The summed E-state index contributed by atoms with van der Waals surface area (Å²) in [6.07, 6.45) is 0. The molecule has 0 atom stereocenters. The van der Waals surface area contributed by atoms with Gasteiger partial charge in [0.05, 0.1) is 17.8 Å². The highest BCUT2D eigenvalue weighted by atomic mass is 19.1. The molecule has 0 bridgehead atoms. The van der Waals surface area contributed by atoms with E-state index in [1.54, 1.807) is 36.4 Å². The molecule has 0 saturated heterocycles. The monoisotopic (exact) mass is 418 g/mol. The lowest BCUT2D eigenvalue weighted by Crippen LogP contribution is -2.13. The van der Waals surface area contributed by atoms with Crippen molar-refractivity contribution in [3.05, 3.63) is 88.3 Å². The van der Waals surface area contributed by atoms with Crippen LogP contribution in [0.25, 0.3) is 11.5 Å². The maximum absolute atomic E-state index is 13.8. The Kier molecular flexibility index (Phi) is 5.42. The quantitative estimate of drug-likeness (QED) is 0.483. The Morgan fingerprint density at radius 3 is 2.42 bits per heavy atom. The molecule has 158 valence electrons. The third-order valence-corrected chi connectivity index (χ3v) is 5.44. The summed E-state index contributed by atoms with van der Waals surface area (Å²) in [5.74, 6) is 0.173. The molecular weight excluding hydrogens is 395 g/mol. The molecule has 0 saturated carbocycles. The van der Waals surface area contributed by atoms with Crippen molar-refractivity contribution >= 4 is 11.6 Å². The second-order valence-corrected chi connectivity index (χ2v) is 7.49. The van der Waals surface area contributed by atoms with Crippen molar-refractivity contribution in [1.82, 2.24) is 14.8 Å². The predicted molar refractivity (Wildman–Crippen MR) is 117 cm³/mol. The van der Waals surface area contributed by atoms with Gasteiger partial charge in [-0.2, -0.15) is 5.10 Å². The number of carbonyl (C=O) groups is 1. The van der Waals surface area contributed by atoms with Crippen molar-refractivity contribution in [3.63, 3.8) is 0 Å². The number of aryl methyl sites for hydroxylation is 2. The van der Waals surface area contributed by atoms with Crippen molar-refractivity contribution < 1.29 is 13.6 Å². The molecule has 7 heteroatoms. The minimum Gasteiger partial charge on any atom is -0.441 e. The fourth-order valence-corrected chi connectivity index (χ4v) is 3.32. The Balaban J connectivity index is 1.50. The molecule has 0 aliphatic carbocycles. The molecule has 2 aromatic heterocycles. The first-order valence-corrected chi connectivity index (χ1v) is 9.96. The third-order valence-electron chi connectivity index (χ3n) is 5.44. The highest BCUT2D eigenvalue weighted by molar-refractivity contribution is 6.04. The summed E-state index contributed by atoms with van der Waals surface area (Å²) in [5, 5.41) is 7.27. The number of carbonyl (C=O) groups excluding carboxylic acids is 1. The van der Waals surface area contributed by atoms with E-state index in [-0.39, 0.29) is 5.56 Å². The molecular formula is C24H23FN4O2. The number of oxazole rings is 1. The smallest absolute Gasteiger partial charge is 0.258 e. The van der Waals surface area contributed by atoms with Gasteiger partial charge < -0.3 is 9.73 Å². The number of aromatic nitrogens is 3. The Morgan fingerprint density at radius 2 is 1.77 bits per heavy atom. The molecule has 0 aliphatic heterocycles. The SMILES string of the molecule is Cc1nn(Cc2nc(-c3ccc(NC(=O)c4ccccc4F)cc3)oc2C)c(C)c1C. The lowest BCUT2D eigenvalue weighted by molar-refractivity contribution is 0.102. The van der Waals surface area contributed by atoms with Gasteiger partial charge in [-0.3, -0.25) is 9.48 Å². The summed E-state index contributed by atoms with van der Waals surface area (Å²) < 4.78 is 21.6. The molecule has 1 N–H and O–H groups in total. The van der Waals surface area contributed by atoms with E-state index in [2.05, 4.69) is 22.3 Å². The number of nitrogens with one attached hydrogen (secondary N) is 1. The van der Waals surface area contributed by atoms with E-state index < -0.39 is 11.7 Å². The largest absolute Gasteiger partial charge is 0.441 e. The van der Waals surface area contributed by atoms with Crippen LogP contribution in [0.4, 0.5) is 10.1 Å². The minimum atomic E-state index is -0.558. The molecule has 0 fully saturated rings. The van der Waals surface area contributed by atoms with Crippen LogP contribution in [0.5, 0.6) is 0 Å². The maximum atomic E-state index is 13.8. The van der Waals surface area contributed by atoms with Crippen LogP contribution < -0.4 is 5.32 Å². The average Bonchev–Trinajstić information content (AvgIpc) is 3.23. The van der Waals surface area contributed by atoms with Gasteiger partial charge in [0, 0.05) is 16.9 Å². The lowest BCUT2D eigenvalue weighted by Gasteiger charge is -2.06. The number of halogens is 1. The molecule has 0 spiro atoms. The minimum absolute atomic E-state index is 0.000988. The van der Waals surface area contributed by atoms with Gasteiger partial charge >= 0.3 is 0 Å². The van der Waals surface area contributed by atoms with Crippen LogP contribution in [0.3, 0.4) is 0 Å². The lowest BCUT2D eigenvalue weighted by atomic mass is 10.1. The van der Waals surface area contributed by atoms with E-state index >= 15 is 0 Å². The number of benzene rings is 2. The molecule has 0 unspecified atom stereocenters. The van der Waals surface area contributed by atoms with Gasteiger partial charge in [-0.15, -0.1) is 0 Å². The van der Waals surface area contributed by atoms with E-state index in [1.165, 1.54) is 17.7 Å². The van der Waals surface area contributed by atoms with Crippen LogP contribution in [-0.2, 0) is 6.54 Å². The number of nitrogens with zero attached hydrogens (tertiary/aromatic N) is 3. The Labute approximate surface area is 179 Å². The van der Waals surface area contributed by atoms with Gasteiger partial charge in [0.2, 0.25) is 5.89 Å². The van der Waals surface area contributed by atoms with Crippen LogP contribution in [-0.4, -0.2) is 20.7 Å². The van der Waals surface area contributed by atoms with Gasteiger partial charge in [-0.1, -0.05) is 12.1 Å². The highest BCUT2D eigenvalue weighted by Crippen LogP contribution is 2.25. The van der Waals surface area contributed by atoms with Crippen molar-refractivity contribution in [2.45, 2.75) is 34.2 Å².